The maximum atomic E-state index is 11.4. The van der Waals surface area contributed by atoms with Crippen LogP contribution in [0.4, 0.5) is 0 Å². The van der Waals surface area contributed by atoms with Gasteiger partial charge in [0.15, 0.2) is 6.10 Å². The molecule has 0 aliphatic carbocycles. The van der Waals surface area contributed by atoms with Crippen LogP contribution in [0.25, 0.3) is 0 Å². The fraction of sp³-hybridized carbons (Fsp3) is 0.188. The Bertz CT molecular complexity index is 627. The molecule has 1 atom stereocenters. The fourth-order valence-corrected chi connectivity index (χ4v) is 2.34. The van der Waals surface area contributed by atoms with Crippen molar-refractivity contribution in [3.63, 3.8) is 0 Å². The molecule has 4 nitrogen and oxygen atoms in total. The SMILES string of the molecule is COc1cccc(O[C@@H](Cc2cccc(Br)c2)C(=O)O)c1. The largest absolute Gasteiger partial charge is 0.497 e. The van der Waals surface area contributed by atoms with Gasteiger partial charge in [0.2, 0.25) is 0 Å². The van der Waals surface area contributed by atoms with Gasteiger partial charge in [0.1, 0.15) is 11.5 Å². The first-order valence-corrected chi connectivity index (χ1v) is 7.16. The number of benzene rings is 2. The summed E-state index contributed by atoms with van der Waals surface area (Å²) in [6, 6.07) is 14.4. The van der Waals surface area contributed by atoms with E-state index >= 15 is 0 Å². The molecule has 0 aromatic heterocycles. The molecule has 0 radical (unpaired) electrons. The summed E-state index contributed by atoms with van der Waals surface area (Å²) in [4.78, 5) is 11.4. The number of halogens is 1. The molecule has 0 unspecified atom stereocenters. The third-order valence-electron chi connectivity index (χ3n) is 2.91. The molecule has 0 spiro atoms. The molecule has 0 fully saturated rings. The van der Waals surface area contributed by atoms with Gasteiger partial charge in [-0.1, -0.05) is 34.1 Å². The smallest absolute Gasteiger partial charge is 0.345 e. The molecular weight excluding hydrogens is 336 g/mol. The Morgan fingerprint density at radius 2 is 1.90 bits per heavy atom. The lowest BCUT2D eigenvalue weighted by Crippen LogP contribution is -2.29. The van der Waals surface area contributed by atoms with Crippen LogP contribution in [0.3, 0.4) is 0 Å². The Morgan fingerprint density at radius 1 is 1.19 bits per heavy atom. The maximum absolute atomic E-state index is 11.4. The fourth-order valence-electron chi connectivity index (χ4n) is 1.90. The molecule has 5 heteroatoms. The summed E-state index contributed by atoms with van der Waals surface area (Å²) in [5.41, 5.74) is 0.889. The second-order valence-electron chi connectivity index (χ2n) is 4.46. The minimum absolute atomic E-state index is 0.284. The van der Waals surface area contributed by atoms with E-state index < -0.39 is 12.1 Å². The quantitative estimate of drug-likeness (QED) is 0.865. The molecule has 21 heavy (non-hydrogen) atoms. The van der Waals surface area contributed by atoms with E-state index in [1.807, 2.05) is 24.3 Å². The topological polar surface area (TPSA) is 55.8 Å². The van der Waals surface area contributed by atoms with Crippen LogP contribution in [0.5, 0.6) is 11.5 Å². The van der Waals surface area contributed by atoms with Gasteiger partial charge in [-0.2, -0.15) is 0 Å². The first-order valence-electron chi connectivity index (χ1n) is 6.36. The highest BCUT2D eigenvalue weighted by Gasteiger charge is 2.20. The molecular formula is C16H15BrO4. The molecule has 0 aliphatic rings. The number of aliphatic carboxylic acids is 1. The van der Waals surface area contributed by atoms with Gasteiger partial charge in [-0.3, -0.25) is 0 Å². The summed E-state index contributed by atoms with van der Waals surface area (Å²) >= 11 is 3.37. The lowest BCUT2D eigenvalue weighted by molar-refractivity contribution is -0.145. The first kappa shape index (κ1) is 15.4. The normalized spacial score (nSPS) is 11.7. The zero-order valence-corrected chi connectivity index (χ0v) is 13.0. The molecule has 0 bridgehead atoms. The van der Waals surface area contributed by atoms with Crippen LogP contribution >= 0.6 is 15.9 Å². The Morgan fingerprint density at radius 3 is 2.57 bits per heavy atom. The molecule has 2 aromatic carbocycles. The van der Waals surface area contributed by atoms with Crippen molar-refractivity contribution in [2.24, 2.45) is 0 Å². The summed E-state index contributed by atoms with van der Waals surface area (Å²) < 4.78 is 11.6. The van der Waals surface area contributed by atoms with Crippen molar-refractivity contribution in [3.8, 4) is 11.5 Å². The lowest BCUT2D eigenvalue weighted by atomic mass is 10.1. The van der Waals surface area contributed by atoms with Crippen LogP contribution in [0.2, 0.25) is 0 Å². The number of rotatable bonds is 6. The Balaban J connectivity index is 2.13. The Kier molecular flexibility index (Phi) is 5.22. The van der Waals surface area contributed by atoms with Gasteiger partial charge in [-0.05, 0) is 29.8 Å². The monoisotopic (exact) mass is 350 g/mol. The van der Waals surface area contributed by atoms with Crippen molar-refractivity contribution in [1.82, 2.24) is 0 Å². The molecule has 0 aliphatic heterocycles. The number of carboxylic acids is 1. The highest BCUT2D eigenvalue weighted by molar-refractivity contribution is 9.10. The van der Waals surface area contributed by atoms with Gasteiger partial charge in [-0.25, -0.2) is 4.79 Å². The second-order valence-corrected chi connectivity index (χ2v) is 5.37. The summed E-state index contributed by atoms with van der Waals surface area (Å²) in [6.07, 6.45) is -0.669. The highest BCUT2D eigenvalue weighted by Crippen LogP contribution is 2.21. The number of hydrogen-bond acceptors (Lipinski definition) is 3. The van der Waals surface area contributed by atoms with Crippen LogP contribution in [0.15, 0.2) is 53.0 Å². The summed E-state index contributed by atoms with van der Waals surface area (Å²) in [6.45, 7) is 0. The van der Waals surface area contributed by atoms with Crippen LogP contribution in [0.1, 0.15) is 5.56 Å². The molecule has 2 aromatic rings. The van der Waals surface area contributed by atoms with Gasteiger partial charge in [0.05, 0.1) is 7.11 Å². The van der Waals surface area contributed by atoms with Crippen molar-refractivity contribution in [1.29, 1.82) is 0 Å². The van der Waals surface area contributed by atoms with E-state index in [9.17, 15) is 9.90 Å². The van der Waals surface area contributed by atoms with Crippen molar-refractivity contribution in [2.75, 3.05) is 7.11 Å². The number of carbonyl (C=O) groups is 1. The highest BCUT2D eigenvalue weighted by atomic mass is 79.9. The predicted octanol–water partition coefficient (Wildman–Crippen LogP) is 3.53. The van der Waals surface area contributed by atoms with Gasteiger partial charge in [0.25, 0.3) is 0 Å². The summed E-state index contributed by atoms with van der Waals surface area (Å²) in [5, 5.41) is 9.32. The van der Waals surface area contributed by atoms with E-state index in [1.54, 1.807) is 31.4 Å². The van der Waals surface area contributed by atoms with Gasteiger partial charge in [-0.15, -0.1) is 0 Å². The average Bonchev–Trinajstić information content (AvgIpc) is 2.47. The average molecular weight is 351 g/mol. The van der Waals surface area contributed by atoms with Gasteiger partial charge in [0, 0.05) is 17.0 Å². The zero-order chi connectivity index (χ0) is 15.2. The van der Waals surface area contributed by atoms with E-state index in [0.717, 1.165) is 10.0 Å². The van der Waals surface area contributed by atoms with E-state index in [1.165, 1.54) is 0 Å². The number of hydrogen-bond donors (Lipinski definition) is 1. The van der Waals surface area contributed by atoms with E-state index in [2.05, 4.69) is 15.9 Å². The minimum Gasteiger partial charge on any atom is -0.497 e. The first-order chi connectivity index (χ1) is 10.1. The van der Waals surface area contributed by atoms with Crippen molar-refractivity contribution < 1.29 is 19.4 Å². The minimum atomic E-state index is -1.00. The van der Waals surface area contributed by atoms with Gasteiger partial charge >= 0.3 is 5.97 Å². The lowest BCUT2D eigenvalue weighted by Gasteiger charge is -2.16. The maximum Gasteiger partial charge on any atom is 0.345 e. The predicted molar refractivity (Wildman–Crippen MR) is 82.9 cm³/mol. The summed E-state index contributed by atoms with van der Waals surface area (Å²) in [7, 11) is 1.55. The Hall–Kier alpha value is -2.01. The molecule has 2 rings (SSSR count). The van der Waals surface area contributed by atoms with Crippen molar-refractivity contribution in [3.05, 3.63) is 58.6 Å². The van der Waals surface area contributed by atoms with E-state index in [0.29, 0.717) is 11.5 Å². The van der Waals surface area contributed by atoms with Crippen molar-refractivity contribution in [2.45, 2.75) is 12.5 Å². The van der Waals surface area contributed by atoms with E-state index in [4.69, 9.17) is 9.47 Å². The van der Waals surface area contributed by atoms with Crippen molar-refractivity contribution >= 4 is 21.9 Å². The van der Waals surface area contributed by atoms with E-state index in [-0.39, 0.29) is 6.42 Å². The van der Waals surface area contributed by atoms with Gasteiger partial charge < -0.3 is 14.6 Å². The van der Waals surface area contributed by atoms with Crippen LogP contribution in [-0.2, 0) is 11.2 Å². The van der Waals surface area contributed by atoms with Crippen LogP contribution in [-0.4, -0.2) is 24.3 Å². The number of ether oxygens (including phenoxy) is 2. The number of methoxy groups -OCH3 is 1. The molecule has 0 saturated heterocycles. The zero-order valence-electron chi connectivity index (χ0n) is 11.5. The molecule has 0 heterocycles. The molecule has 110 valence electrons. The third-order valence-corrected chi connectivity index (χ3v) is 3.40. The van der Waals surface area contributed by atoms with Crippen LogP contribution in [0, 0.1) is 0 Å². The standard InChI is InChI=1S/C16H15BrO4/c1-20-13-6-3-7-14(10-13)21-15(16(18)19)9-11-4-2-5-12(17)8-11/h2-8,10,15H,9H2,1H3,(H,18,19)/t15-/m0/s1. The molecule has 0 saturated carbocycles. The number of carboxylic acid groups (broad SMARTS) is 1. The molecule has 0 amide bonds. The Labute approximate surface area is 131 Å². The van der Waals surface area contributed by atoms with Crippen LogP contribution < -0.4 is 9.47 Å². The summed E-state index contributed by atoms with van der Waals surface area (Å²) in [5.74, 6) is 0.0913. The second kappa shape index (κ2) is 7.13. The third kappa shape index (κ3) is 4.49. The molecule has 1 N–H and O–H groups in total.